The number of carbonyl (C=O) groups excluding carboxylic acids is 2. The minimum Gasteiger partial charge on any atom is -0.415 e. The fourth-order valence-corrected chi connectivity index (χ4v) is 5.60. The van der Waals surface area contributed by atoms with Crippen LogP contribution in [-0.4, -0.2) is 71.4 Å². The molecule has 0 aliphatic carbocycles. The monoisotopic (exact) mass is 566 g/mol. The molecule has 1 aliphatic rings. The molecule has 1 fully saturated rings. The molecule has 1 heterocycles. The predicted octanol–water partition coefficient (Wildman–Crippen LogP) is 5.31. The number of carbonyl (C=O) groups is 2. The molecule has 1 aliphatic heterocycles. The van der Waals surface area contributed by atoms with Gasteiger partial charge in [0.1, 0.15) is 0 Å². The molecule has 8 heteroatoms. The summed E-state index contributed by atoms with van der Waals surface area (Å²) in [6.07, 6.45) is 1.07. The lowest BCUT2D eigenvalue weighted by Crippen LogP contribution is -2.44. The van der Waals surface area contributed by atoms with Crippen LogP contribution in [0.15, 0.2) is 42.5 Å². The van der Waals surface area contributed by atoms with E-state index < -0.39 is 8.32 Å². The van der Waals surface area contributed by atoms with Gasteiger partial charge in [-0.05, 0) is 74.3 Å². The van der Waals surface area contributed by atoms with E-state index in [4.69, 9.17) is 4.43 Å². The van der Waals surface area contributed by atoms with Gasteiger partial charge in [-0.1, -0.05) is 51.1 Å². The Labute approximate surface area is 242 Å². The normalized spacial score (nSPS) is 15.6. The van der Waals surface area contributed by atoms with Crippen LogP contribution in [0.4, 0.5) is 5.69 Å². The van der Waals surface area contributed by atoms with Gasteiger partial charge < -0.3 is 24.9 Å². The number of benzene rings is 2. The van der Waals surface area contributed by atoms with E-state index in [-0.39, 0.29) is 22.9 Å². The smallest absolute Gasteiger partial charge is 0.252 e. The second-order valence-electron chi connectivity index (χ2n) is 12.7. The Kier molecular flexibility index (Phi) is 11.0. The van der Waals surface area contributed by atoms with Crippen LogP contribution >= 0.6 is 0 Å². The van der Waals surface area contributed by atoms with E-state index in [0.29, 0.717) is 31.6 Å². The molecule has 0 bridgehead atoms. The minimum atomic E-state index is -1.80. The molecular weight excluding hydrogens is 516 g/mol. The summed E-state index contributed by atoms with van der Waals surface area (Å²) < 4.78 is 6.15. The fraction of sp³-hybridized carbons (Fsp3) is 0.562. The van der Waals surface area contributed by atoms with Crippen molar-refractivity contribution in [2.45, 2.75) is 71.6 Å². The van der Waals surface area contributed by atoms with Crippen molar-refractivity contribution in [2.75, 3.05) is 51.3 Å². The average Bonchev–Trinajstić information content (AvgIpc) is 2.90. The summed E-state index contributed by atoms with van der Waals surface area (Å²) in [5.74, 6) is -0.0352. The maximum Gasteiger partial charge on any atom is 0.252 e. The first-order chi connectivity index (χ1) is 18.8. The number of aryl methyl sites for hydroxylation is 2. The third-order valence-corrected chi connectivity index (χ3v) is 13.0. The first-order valence-corrected chi connectivity index (χ1v) is 17.5. The number of likely N-dealkylation sites (N-methyl/N-ethyl adjacent to an activating group) is 1. The highest BCUT2D eigenvalue weighted by Gasteiger charge is 2.36. The number of nitrogens with one attached hydrogen (secondary N) is 2. The second-order valence-corrected chi connectivity index (χ2v) is 17.5. The molecule has 1 saturated heterocycles. The largest absolute Gasteiger partial charge is 0.415 e. The van der Waals surface area contributed by atoms with E-state index in [1.165, 1.54) is 0 Å². The van der Waals surface area contributed by atoms with Crippen molar-refractivity contribution in [1.82, 2.24) is 15.5 Å². The minimum absolute atomic E-state index is 0.0290. The van der Waals surface area contributed by atoms with Gasteiger partial charge in [-0.2, -0.15) is 0 Å². The number of amides is 2. The fourth-order valence-electron chi connectivity index (χ4n) is 4.55. The number of hydrogen-bond acceptors (Lipinski definition) is 5. The lowest BCUT2D eigenvalue weighted by atomic mass is 10.0. The zero-order chi connectivity index (χ0) is 29.5. The van der Waals surface area contributed by atoms with E-state index in [2.05, 4.69) is 73.5 Å². The molecule has 2 aromatic rings. The van der Waals surface area contributed by atoms with Gasteiger partial charge in [-0.3, -0.25) is 9.59 Å². The van der Waals surface area contributed by atoms with E-state index in [1.807, 2.05) is 44.2 Å². The topological polar surface area (TPSA) is 73.9 Å². The molecule has 2 aromatic carbocycles. The summed E-state index contributed by atoms with van der Waals surface area (Å²) in [4.78, 5) is 30.4. The van der Waals surface area contributed by atoms with Crippen LogP contribution in [0.25, 0.3) is 0 Å². The van der Waals surface area contributed by atoms with Gasteiger partial charge in [0.15, 0.2) is 8.32 Å². The van der Waals surface area contributed by atoms with Gasteiger partial charge in [0.2, 0.25) is 5.91 Å². The van der Waals surface area contributed by atoms with Crippen LogP contribution in [0.2, 0.25) is 18.1 Å². The standard InChI is InChI=1S/C32H50N4O3Si/c1-24-12-14-28(36-19-17-35(6)18-20-36)23-29(24)31(38)34-25(2)27-11-9-10-26(22-27)13-15-30(37)33-16-21-39-40(7,8)32(3,4)5/h9-12,14,22-23,25H,13,15-21H2,1-8H3,(H,33,37)(H,34,38)/t25-/m1/s1. The van der Waals surface area contributed by atoms with Gasteiger partial charge in [0.05, 0.1) is 12.6 Å². The quantitative estimate of drug-likeness (QED) is 0.285. The molecule has 3 rings (SSSR count). The Bertz CT molecular complexity index is 1150. The van der Waals surface area contributed by atoms with Gasteiger partial charge >= 0.3 is 0 Å². The van der Waals surface area contributed by atoms with E-state index in [9.17, 15) is 9.59 Å². The van der Waals surface area contributed by atoms with E-state index in [1.54, 1.807) is 0 Å². The molecule has 0 unspecified atom stereocenters. The van der Waals surface area contributed by atoms with Crippen LogP contribution in [0.5, 0.6) is 0 Å². The van der Waals surface area contributed by atoms with Gasteiger partial charge in [-0.15, -0.1) is 0 Å². The van der Waals surface area contributed by atoms with Crippen molar-refractivity contribution in [2.24, 2.45) is 0 Å². The Morgan fingerprint density at radius 1 is 1.05 bits per heavy atom. The second kappa shape index (κ2) is 13.8. The highest BCUT2D eigenvalue weighted by molar-refractivity contribution is 6.74. The summed E-state index contributed by atoms with van der Waals surface area (Å²) in [5, 5.41) is 6.33. The third-order valence-electron chi connectivity index (χ3n) is 8.47. The van der Waals surface area contributed by atoms with Crippen molar-refractivity contribution in [3.8, 4) is 0 Å². The average molecular weight is 567 g/mol. The van der Waals surface area contributed by atoms with Gasteiger partial charge in [0, 0.05) is 50.4 Å². The maximum atomic E-state index is 13.3. The summed E-state index contributed by atoms with van der Waals surface area (Å²) in [7, 11) is 0.342. The molecule has 7 nitrogen and oxygen atoms in total. The van der Waals surface area contributed by atoms with Crippen molar-refractivity contribution in [3.63, 3.8) is 0 Å². The molecule has 0 aromatic heterocycles. The number of nitrogens with zero attached hydrogens (tertiary/aromatic N) is 2. The third kappa shape index (κ3) is 8.91. The molecule has 2 amide bonds. The zero-order valence-electron chi connectivity index (χ0n) is 25.9. The molecule has 40 heavy (non-hydrogen) atoms. The molecular formula is C32H50N4O3Si. The lowest BCUT2D eigenvalue weighted by molar-refractivity contribution is -0.121. The first kappa shape index (κ1) is 31.8. The molecule has 220 valence electrons. The SMILES string of the molecule is Cc1ccc(N2CCN(C)CC2)cc1C(=O)N[C@H](C)c1cccc(CCC(=O)NCCO[Si](C)(C)C(C)(C)C)c1. The molecule has 2 N–H and O–H groups in total. The van der Waals surface area contributed by atoms with Gasteiger partial charge in [-0.25, -0.2) is 0 Å². The zero-order valence-corrected chi connectivity index (χ0v) is 26.9. The molecule has 1 atom stereocenters. The number of piperazine rings is 1. The Balaban J connectivity index is 1.51. The van der Waals surface area contributed by atoms with Crippen LogP contribution in [0.1, 0.15) is 67.2 Å². The van der Waals surface area contributed by atoms with Crippen LogP contribution in [0.3, 0.4) is 0 Å². The summed E-state index contributed by atoms with van der Waals surface area (Å²) in [6.45, 7) is 20.1. The first-order valence-electron chi connectivity index (χ1n) is 14.6. The van der Waals surface area contributed by atoms with E-state index >= 15 is 0 Å². The predicted molar refractivity (Wildman–Crippen MR) is 168 cm³/mol. The highest BCUT2D eigenvalue weighted by Crippen LogP contribution is 2.36. The molecule has 0 radical (unpaired) electrons. The van der Waals surface area contributed by atoms with E-state index in [0.717, 1.165) is 48.6 Å². The van der Waals surface area contributed by atoms with Crippen LogP contribution in [0, 0.1) is 6.92 Å². The summed E-state index contributed by atoms with van der Waals surface area (Å²) in [6, 6.07) is 14.2. The summed E-state index contributed by atoms with van der Waals surface area (Å²) in [5.41, 5.74) is 4.90. The molecule has 0 saturated carbocycles. The number of anilines is 1. The maximum absolute atomic E-state index is 13.3. The van der Waals surface area contributed by atoms with Crippen LogP contribution < -0.4 is 15.5 Å². The lowest BCUT2D eigenvalue weighted by Gasteiger charge is -2.36. The van der Waals surface area contributed by atoms with Gasteiger partial charge in [0.25, 0.3) is 5.91 Å². The number of rotatable bonds is 11. The van der Waals surface area contributed by atoms with Crippen molar-refractivity contribution in [1.29, 1.82) is 0 Å². The van der Waals surface area contributed by atoms with Crippen molar-refractivity contribution >= 4 is 25.8 Å². The summed E-state index contributed by atoms with van der Waals surface area (Å²) >= 11 is 0. The number of hydrogen-bond donors (Lipinski definition) is 2. The van der Waals surface area contributed by atoms with Crippen molar-refractivity contribution < 1.29 is 14.0 Å². The van der Waals surface area contributed by atoms with Crippen LogP contribution in [-0.2, 0) is 15.6 Å². The Morgan fingerprint density at radius 3 is 2.42 bits per heavy atom. The highest BCUT2D eigenvalue weighted by atomic mass is 28.4. The Hall–Kier alpha value is -2.68. The van der Waals surface area contributed by atoms with Crippen molar-refractivity contribution in [3.05, 3.63) is 64.7 Å². The molecule has 0 spiro atoms. The Morgan fingerprint density at radius 2 is 1.75 bits per heavy atom.